The van der Waals surface area contributed by atoms with Crippen molar-refractivity contribution in [3.05, 3.63) is 45.6 Å². The molecule has 0 atom stereocenters. The molecule has 2 heterocycles. The van der Waals surface area contributed by atoms with Crippen molar-refractivity contribution < 1.29 is 4.42 Å². The van der Waals surface area contributed by atoms with E-state index in [1.165, 1.54) is 4.88 Å². The van der Waals surface area contributed by atoms with E-state index < -0.39 is 0 Å². The fourth-order valence-electron chi connectivity index (χ4n) is 1.95. The molecule has 0 unspecified atom stereocenters. The molecule has 2 aromatic heterocycles. The lowest BCUT2D eigenvalue weighted by Crippen LogP contribution is -2.02. The highest BCUT2D eigenvalue weighted by molar-refractivity contribution is 7.10. The van der Waals surface area contributed by atoms with Crippen molar-refractivity contribution in [2.24, 2.45) is 0 Å². The minimum absolute atomic E-state index is 0.657. The molecule has 0 fully saturated rings. The minimum Gasteiger partial charge on any atom is -0.454 e. The van der Waals surface area contributed by atoms with Gasteiger partial charge in [-0.3, -0.25) is 0 Å². The number of fused-ring (bicyclic) bond motifs is 1. The highest BCUT2D eigenvalue weighted by Crippen LogP contribution is 2.33. The van der Waals surface area contributed by atoms with Crippen LogP contribution in [0.2, 0.25) is 5.02 Å². The Bertz CT molecular complexity index is 686. The summed E-state index contributed by atoms with van der Waals surface area (Å²) in [6, 6.07) is 9.97. The summed E-state index contributed by atoms with van der Waals surface area (Å²) >= 11 is 7.84. The molecule has 0 radical (unpaired) electrons. The van der Waals surface area contributed by atoms with E-state index in [9.17, 15) is 0 Å². The standard InChI is InChI=1S/C14H12ClNOS/c1-16-7-11-5-10(8-18-11)13-6-9-3-2-4-12(15)14(9)17-13/h2-6,8,16H,7H2,1H3. The first-order valence-corrected chi connectivity index (χ1v) is 6.94. The number of thiophene rings is 1. The predicted octanol–water partition coefficient (Wildman–Crippen LogP) is 4.53. The second kappa shape index (κ2) is 4.76. The number of rotatable bonds is 3. The van der Waals surface area contributed by atoms with E-state index in [1.807, 2.05) is 31.3 Å². The average Bonchev–Trinajstić information content (AvgIpc) is 2.96. The Morgan fingerprint density at radius 2 is 2.22 bits per heavy atom. The average molecular weight is 278 g/mol. The van der Waals surface area contributed by atoms with Gasteiger partial charge in [0.15, 0.2) is 5.58 Å². The van der Waals surface area contributed by atoms with Crippen LogP contribution in [0.25, 0.3) is 22.3 Å². The van der Waals surface area contributed by atoms with Gasteiger partial charge in [-0.15, -0.1) is 11.3 Å². The van der Waals surface area contributed by atoms with Crippen LogP contribution < -0.4 is 5.32 Å². The van der Waals surface area contributed by atoms with Crippen LogP contribution in [0.1, 0.15) is 4.88 Å². The molecule has 3 rings (SSSR count). The van der Waals surface area contributed by atoms with Crippen molar-refractivity contribution in [2.45, 2.75) is 6.54 Å². The van der Waals surface area contributed by atoms with Crippen LogP contribution in [0, 0.1) is 0 Å². The molecule has 0 amide bonds. The van der Waals surface area contributed by atoms with Gasteiger partial charge in [0.25, 0.3) is 0 Å². The molecule has 18 heavy (non-hydrogen) atoms. The van der Waals surface area contributed by atoms with Gasteiger partial charge in [0.1, 0.15) is 5.76 Å². The van der Waals surface area contributed by atoms with E-state index in [0.29, 0.717) is 5.02 Å². The van der Waals surface area contributed by atoms with Crippen LogP contribution in [0.3, 0.4) is 0 Å². The van der Waals surface area contributed by atoms with Gasteiger partial charge in [-0.2, -0.15) is 0 Å². The van der Waals surface area contributed by atoms with Crippen molar-refractivity contribution in [1.82, 2.24) is 5.32 Å². The first-order chi connectivity index (χ1) is 8.78. The number of halogens is 1. The number of hydrogen-bond acceptors (Lipinski definition) is 3. The Hall–Kier alpha value is -1.29. The summed E-state index contributed by atoms with van der Waals surface area (Å²) in [6.07, 6.45) is 0. The summed E-state index contributed by atoms with van der Waals surface area (Å²) in [5.41, 5.74) is 1.87. The first-order valence-electron chi connectivity index (χ1n) is 5.68. The Morgan fingerprint density at radius 3 is 3.00 bits per heavy atom. The normalized spacial score (nSPS) is 11.2. The van der Waals surface area contributed by atoms with Gasteiger partial charge in [-0.25, -0.2) is 0 Å². The van der Waals surface area contributed by atoms with Crippen LogP contribution in [-0.2, 0) is 6.54 Å². The van der Waals surface area contributed by atoms with Gasteiger partial charge in [0, 0.05) is 27.8 Å². The maximum atomic E-state index is 6.11. The molecule has 0 bridgehead atoms. The molecule has 2 nitrogen and oxygen atoms in total. The summed E-state index contributed by atoms with van der Waals surface area (Å²) < 4.78 is 5.83. The summed E-state index contributed by atoms with van der Waals surface area (Å²) in [7, 11) is 1.94. The zero-order chi connectivity index (χ0) is 12.5. The quantitative estimate of drug-likeness (QED) is 0.761. The van der Waals surface area contributed by atoms with E-state index >= 15 is 0 Å². The molecular weight excluding hydrogens is 266 g/mol. The van der Waals surface area contributed by atoms with E-state index in [4.69, 9.17) is 16.0 Å². The number of para-hydroxylation sites is 1. The third-order valence-corrected chi connectivity index (χ3v) is 4.02. The first kappa shape index (κ1) is 11.8. The number of benzene rings is 1. The topological polar surface area (TPSA) is 25.2 Å². The Labute approximate surface area is 114 Å². The highest BCUT2D eigenvalue weighted by atomic mass is 35.5. The van der Waals surface area contributed by atoms with Crippen molar-refractivity contribution >= 4 is 33.9 Å². The fourth-order valence-corrected chi connectivity index (χ4v) is 3.05. The maximum Gasteiger partial charge on any atom is 0.153 e. The smallest absolute Gasteiger partial charge is 0.153 e. The second-order valence-electron chi connectivity index (χ2n) is 4.10. The Morgan fingerprint density at radius 1 is 1.33 bits per heavy atom. The summed E-state index contributed by atoms with van der Waals surface area (Å²) in [4.78, 5) is 1.29. The molecule has 92 valence electrons. The molecule has 4 heteroatoms. The van der Waals surface area contributed by atoms with Crippen molar-refractivity contribution in [3.63, 3.8) is 0 Å². The fraction of sp³-hybridized carbons (Fsp3) is 0.143. The molecule has 0 aliphatic heterocycles. The van der Waals surface area contributed by atoms with Crippen molar-refractivity contribution in [3.8, 4) is 11.3 Å². The van der Waals surface area contributed by atoms with Crippen LogP contribution >= 0.6 is 22.9 Å². The predicted molar refractivity (Wildman–Crippen MR) is 77.3 cm³/mol. The second-order valence-corrected chi connectivity index (χ2v) is 5.50. The van der Waals surface area contributed by atoms with Gasteiger partial charge in [0.2, 0.25) is 0 Å². The molecule has 1 aromatic carbocycles. The van der Waals surface area contributed by atoms with Crippen molar-refractivity contribution in [1.29, 1.82) is 0 Å². The van der Waals surface area contributed by atoms with Gasteiger partial charge < -0.3 is 9.73 Å². The van der Waals surface area contributed by atoms with E-state index in [-0.39, 0.29) is 0 Å². The third kappa shape index (κ3) is 2.05. The monoisotopic (exact) mass is 277 g/mol. The largest absolute Gasteiger partial charge is 0.454 e. The number of furan rings is 1. The molecule has 0 saturated heterocycles. The van der Waals surface area contributed by atoms with Crippen LogP contribution in [-0.4, -0.2) is 7.05 Å². The lowest BCUT2D eigenvalue weighted by Gasteiger charge is -1.92. The highest BCUT2D eigenvalue weighted by Gasteiger charge is 2.10. The molecule has 0 aliphatic rings. The minimum atomic E-state index is 0.657. The van der Waals surface area contributed by atoms with E-state index in [1.54, 1.807) is 11.3 Å². The maximum absolute atomic E-state index is 6.11. The Kier molecular flexibility index (Phi) is 3.12. The Balaban J connectivity index is 2.05. The third-order valence-electron chi connectivity index (χ3n) is 2.79. The van der Waals surface area contributed by atoms with Gasteiger partial charge >= 0.3 is 0 Å². The van der Waals surface area contributed by atoms with Gasteiger partial charge in [0.05, 0.1) is 5.02 Å². The van der Waals surface area contributed by atoms with E-state index in [0.717, 1.165) is 28.8 Å². The lowest BCUT2D eigenvalue weighted by atomic mass is 10.2. The SMILES string of the molecule is CNCc1cc(-c2cc3cccc(Cl)c3o2)cs1. The molecule has 0 saturated carbocycles. The van der Waals surface area contributed by atoms with Crippen LogP contribution in [0.5, 0.6) is 0 Å². The summed E-state index contributed by atoms with van der Waals surface area (Å²) in [6.45, 7) is 0.881. The molecule has 3 aromatic rings. The molecule has 0 aliphatic carbocycles. The van der Waals surface area contributed by atoms with Gasteiger partial charge in [-0.1, -0.05) is 23.7 Å². The summed E-state index contributed by atoms with van der Waals surface area (Å²) in [5.74, 6) is 0.872. The van der Waals surface area contributed by atoms with E-state index in [2.05, 4.69) is 16.8 Å². The van der Waals surface area contributed by atoms with Gasteiger partial charge in [-0.05, 0) is 25.2 Å². The molecule has 0 spiro atoms. The van der Waals surface area contributed by atoms with Crippen molar-refractivity contribution in [2.75, 3.05) is 7.05 Å². The molecular formula is C14H12ClNOS. The number of nitrogens with one attached hydrogen (secondary N) is 1. The zero-order valence-corrected chi connectivity index (χ0v) is 11.4. The number of hydrogen-bond donors (Lipinski definition) is 1. The van der Waals surface area contributed by atoms with Crippen LogP contribution in [0.4, 0.5) is 0 Å². The molecule has 1 N–H and O–H groups in total. The van der Waals surface area contributed by atoms with Crippen LogP contribution in [0.15, 0.2) is 40.1 Å². The zero-order valence-electron chi connectivity index (χ0n) is 9.87. The lowest BCUT2D eigenvalue weighted by molar-refractivity contribution is 0.632. The summed E-state index contributed by atoms with van der Waals surface area (Å²) in [5, 5.41) is 6.95.